The van der Waals surface area contributed by atoms with E-state index in [-0.39, 0.29) is 12.2 Å². The number of hydrogen-bond donors (Lipinski definition) is 2. The van der Waals surface area contributed by atoms with Crippen molar-refractivity contribution in [1.82, 2.24) is 4.98 Å². The molecule has 0 radical (unpaired) electrons. The minimum Gasteiger partial charge on any atom is -0.507 e. The molecule has 15 heavy (non-hydrogen) atoms. The van der Waals surface area contributed by atoms with E-state index in [9.17, 15) is 9.90 Å². The van der Waals surface area contributed by atoms with Crippen molar-refractivity contribution >= 4 is 16.9 Å². The van der Waals surface area contributed by atoms with Gasteiger partial charge in [0, 0.05) is 5.39 Å². The van der Waals surface area contributed by atoms with Crippen LogP contribution in [0.1, 0.15) is 5.69 Å². The number of pyridine rings is 1. The molecule has 0 amide bonds. The summed E-state index contributed by atoms with van der Waals surface area (Å²) in [6.45, 7) is 0. The molecule has 76 valence electrons. The quantitative estimate of drug-likeness (QED) is 0.777. The van der Waals surface area contributed by atoms with Gasteiger partial charge < -0.3 is 10.2 Å². The molecule has 1 aromatic heterocycles. The second-order valence-corrected chi connectivity index (χ2v) is 3.22. The molecule has 0 atom stereocenters. The smallest absolute Gasteiger partial charge is 0.309 e. The molecular weight excluding hydrogens is 194 g/mol. The highest BCUT2D eigenvalue weighted by Gasteiger charge is 2.04. The molecule has 2 rings (SSSR count). The molecule has 1 aromatic carbocycles. The maximum absolute atomic E-state index is 10.5. The van der Waals surface area contributed by atoms with Crippen molar-refractivity contribution in [3.8, 4) is 5.75 Å². The van der Waals surface area contributed by atoms with Crippen molar-refractivity contribution in [2.75, 3.05) is 0 Å². The standard InChI is InChI=1S/C11H9NO3/c13-10-3-1-2-9-8(10)5-4-7(12-9)6-11(14)15/h1-5,13H,6H2,(H,14,15). The first kappa shape index (κ1) is 9.45. The van der Waals surface area contributed by atoms with Crippen molar-refractivity contribution in [2.45, 2.75) is 6.42 Å². The number of nitrogens with zero attached hydrogens (tertiary/aromatic N) is 1. The third-order valence-corrected chi connectivity index (χ3v) is 2.10. The predicted molar refractivity (Wildman–Crippen MR) is 54.7 cm³/mol. The SMILES string of the molecule is O=C(O)Cc1ccc2c(O)cccc2n1. The van der Waals surface area contributed by atoms with Crippen LogP contribution in [-0.4, -0.2) is 21.2 Å². The van der Waals surface area contributed by atoms with E-state index in [1.165, 1.54) is 0 Å². The fourth-order valence-electron chi connectivity index (χ4n) is 1.43. The number of aromatic hydroxyl groups is 1. The van der Waals surface area contributed by atoms with Crippen LogP contribution < -0.4 is 0 Å². The van der Waals surface area contributed by atoms with Crippen LogP contribution in [0.5, 0.6) is 5.75 Å². The van der Waals surface area contributed by atoms with Crippen molar-refractivity contribution in [2.24, 2.45) is 0 Å². The molecule has 2 aromatic rings. The first-order valence-electron chi connectivity index (χ1n) is 4.46. The number of phenols is 1. The zero-order valence-corrected chi connectivity index (χ0v) is 7.84. The average Bonchev–Trinajstić information content (AvgIpc) is 2.17. The summed E-state index contributed by atoms with van der Waals surface area (Å²) in [4.78, 5) is 14.6. The summed E-state index contributed by atoms with van der Waals surface area (Å²) in [5.41, 5.74) is 1.09. The molecule has 0 unspecified atom stereocenters. The molecule has 2 N–H and O–H groups in total. The van der Waals surface area contributed by atoms with E-state index in [0.29, 0.717) is 16.6 Å². The minimum absolute atomic E-state index is 0.106. The van der Waals surface area contributed by atoms with E-state index in [2.05, 4.69) is 4.98 Å². The Hall–Kier alpha value is -2.10. The Bertz CT molecular complexity index is 522. The second kappa shape index (κ2) is 3.57. The van der Waals surface area contributed by atoms with Crippen molar-refractivity contribution in [3.05, 3.63) is 36.0 Å². The maximum Gasteiger partial charge on any atom is 0.309 e. The number of carboxylic acids is 1. The average molecular weight is 203 g/mol. The molecule has 0 aliphatic heterocycles. The van der Waals surface area contributed by atoms with Crippen LogP contribution in [0, 0.1) is 0 Å². The van der Waals surface area contributed by atoms with E-state index in [4.69, 9.17) is 5.11 Å². The maximum atomic E-state index is 10.5. The lowest BCUT2D eigenvalue weighted by Crippen LogP contribution is -2.01. The van der Waals surface area contributed by atoms with Crippen LogP contribution in [0.4, 0.5) is 0 Å². The fourth-order valence-corrected chi connectivity index (χ4v) is 1.43. The number of benzene rings is 1. The molecular formula is C11H9NO3. The molecule has 0 bridgehead atoms. The number of phenolic OH excluding ortho intramolecular Hbond substituents is 1. The molecule has 4 nitrogen and oxygen atoms in total. The molecule has 0 spiro atoms. The van der Waals surface area contributed by atoms with Crippen molar-refractivity contribution in [1.29, 1.82) is 0 Å². The van der Waals surface area contributed by atoms with E-state index in [1.807, 2.05) is 0 Å². The van der Waals surface area contributed by atoms with Crippen molar-refractivity contribution in [3.63, 3.8) is 0 Å². The molecule has 0 saturated heterocycles. The largest absolute Gasteiger partial charge is 0.507 e. The van der Waals surface area contributed by atoms with Crippen LogP contribution in [0.2, 0.25) is 0 Å². The lowest BCUT2D eigenvalue weighted by Gasteiger charge is -2.01. The summed E-state index contributed by atoms with van der Waals surface area (Å²) in [7, 11) is 0. The number of carbonyl (C=O) groups is 1. The number of fused-ring (bicyclic) bond motifs is 1. The van der Waals surface area contributed by atoms with Crippen LogP contribution in [0.25, 0.3) is 10.9 Å². The van der Waals surface area contributed by atoms with Gasteiger partial charge in [0.05, 0.1) is 17.6 Å². The van der Waals surface area contributed by atoms with E-state index < -0.39 is 5.97 Å². The van der Waals surface area contributed by atoms with Gasteiger partial charge in [0.2, 0.25) is 0 Å². The first-order chi connectivity index (χ1) is 7.16. The topological polar surface area (TPSA) is 70.4 Å². The monoisotopic (exact) mass is 203 g/mol. The third kappa shape index (κ3) is 1.88. The van der Waals surface area contributed by atoms with Gasteiger partial charge >= 0.3 is 5.97 Å². The highest BCUT2D eigenvalue weighted by atomic mass is 16.4. The normalized spacial score (nSPS) is 10.4. The molecule has 0 saturated carbocycles. The predicted octanol–water partition coefficient (Wildman–Crippen LogP) is 1.57. The summed E-state index contributed by atoms with van der Waals surface area (Å²) in [6, 6.07) is 8.27. The van der Waals surface area contributed by atoms with Gasteiger partial charge in [0.15, 0.2) is 0 Å². The van der Waals surface area contributed by atoms with Gasteiger partial charge in [0.1, 0.15) is 5.75 Å². The molecule has 0 fully saturated rings. The Morgan fingerprint density at radius 3 is 2.80 bits per heavy atom. The number of hydrogen-bond acceptors (Lipinski definition) is 3. The first-order valence-corrected chi connectivity index (χ1v) is 4.46. The lowest BCUT2D eigenvalue weighted by atomic mass is 10.1. The zero-order valence-electron chi connectivity index (χ0n) is 7.84. The summed E-state index contributed by atoms with van der Waals surface area (Å²) in [5.74, 6) is -0.760. The number of aliphatic carboxylic acids is 1. The van der Waals surface area contributed by atoms with Gasteiger partial charge in [-0.05, 0) is 24.3 Å². The fraction of sp³-hybridized carbons (Fsp3) is 0.0909. The Balaban J connectivity index is 2.52. The Labute approximate surface area is 85.8 Å². The zero-order chi connectivity index (χ0) is 10.8. The molecule has 0 aliphatic rings. The summed E-state index contributed by atoms with van der Waals surface area (Å²) < 4.78 is 0. The second-order valence-electron chi connectivity index (χ2n) is 3.22. The number of aromatic nitrogens is 1. The van der Waals surface area contributed by atoms with E-state index in [1.54, 1.807) is 30.3 Å². The lowest BCUT2D eigenvalue weighted by molar-refractivity contribution is -0.136. The highest BCUT2D eigenvalue weighted by Crippen LogP contribution is 2.22. The van der Waals surface area contributed by atoms with Gasteiger partial charge in [-0.1, -0.05) is 6.07 Å². The summed E-state index contributed by atoms with van der Waals surface area (Å²) >= 11 is 0. The van der Waals surface area contributed by atoms with Gasteiger partial charge in [0.25, 0.3) is 0 Å². The minimum atomic E-state index is -0.915. The van der Waals surface area contributed by atoms with Crippen LogP contribution in [-0.2, 0) is 11.2 Å². The third-order valence-electron chi connectivity index (χ3n) is 2.10. The summed E-state index contributed by atoms with van der Waals surface area (Å²) in [5, 5.41) is 18.7. The molecule has 1 heterocycles. The van der Waals surface area contributed by atoms with Gasteiger partial charge in [-0.25, -0.2) is 0 Å². The van der Waals surface area contributed by atoms with Gasteiger partial charge in [-0.2, -0.15) is 0 Å². The molecule has 0 aliphatic carbocycles. The van der Waals surface area contributed by atoms with Crippen LogP contribution in [0.15, 0.2) is 30.3 Å². The highest BCUT2D eigenvalue weighted by molar-refractivity contribution is 5.85. The Kier molecular flexibility index (Phi) is 2.25. The Morgan fingerprint density at radius 2 is 2.07 bits per heavy atom. The van der Waals surface area contributed by atoms with Crippen LogP contribution >= 0.6 is 0 Å². The van der Waals surface area contributed by atoms with Crippen molar-refractivity contribution < 1.29 is 15.0 Å². The van der Waals surface area contributed by atoms with Crippen LogP contribution in [0.3, 0.4) is 0 Å². The van der Waals surface area contributed by atoms with Gasteiger partial charge in [-0.3, -0.25) is 9.78 Å². The molecule has 4 heteroatoms. The number of rotatable bonds is 2. The Morgan fingerprint density at radius 1 is 1.27 bits per heavy atom. The van der Waals surface area contributed by atoms with E-state index >= 15 is 0 Å². The summed E-state index contributed by atoms with van der Waals surface area (Å²) in [6.07, 6.45) is -0.106. The number of carboxylic acid groups (broad SMARTS) is 1. The van der Waals surface area contributed by atoms with E-state index in [0.717, 1.165) is 0 Å². The van der Waals surface area contributed by atoms with Gasteiger partial charge in [-0.15, -0.1) is 0 Å².